The Morgan fingerprint density at radius 3 is 2.54 bits per heavy atom. The highest BCUT2D eigenvalue weighted by atomic mass is 79.9. The zero-order valence-electron chi connectivity index (χ0n) is 18.8. The first-order chi connectivity index (χ1) is 17.1. The van der Waals surface area contributed by atoms with Gasteiger partial charge in [0.05, 0.1) is 24.4 Å². The van der Waals surface area contributed by atoms with Crippen molar-refractivity contribution in [2.24, 2.45) is 0 Å². The van der Waals surface area contributed by atoms with Gasteiger partial charge in [-0.1, -0.05) is 29.8 Å². The first kappa shape index (κ1) is 22.0. The number of rotatable bonds is 4. The molecule has 0 amide bonds. The number of methoxy groups -OCH3 is 2. The number of hydrogen-bond acceptors (Lipinski definition) is 6. The molecule has 0 fully saturated rings. The first-order valence-electron chi connectivity index (χ1n) is 10.9. The molecule has 0 unspecified atom stereocenters. The molecule has 4 aromatic rings. The molecule has 35 heavy (non-hydrogen) atoms. The molecule has 0 bridgehead atoms. The Bertz CT molecular complexity index is 1470. The van der Waals surface area contributed by atoms with Crippen LogP contribution in [0.5, 0.6) is 17.2 Å². The molecule has 2 aliphatic heterocycles. The Kier molecular flexibility index (Phi) is 5.42. The monoisotopic (exact) mass is 550 g/mol. The molecule has 1 N–H and O–H groups in total. The van der Waals surface area contributed by atoms with Crippen molar-refractivity contribution in [3.8, 4) is 17.2 Å². The number of nitrogens with one attached hydrogen (secondary N) is 1. The summed E-state index contributed by atoms with van der Waals surface area (Å²) >= 11 is 10.0. The van der Waals surface area contributed by atoms with Crippen molar-refractivity contribution < 1.29 is 14.2 Å². The van der Waals surface area contributed by atoms with E-state index in [1.807, 2.05) is 65.3 Å². The van der Waals surface area contributed by atoms with E-state index in [0.29, 0.717) is 11.0 Å². The molecule has 1 aromatic heterocycles. The predicted octanol–water partition coefficient (Wildman–Crippen LogP) is 6.27. The lowest BCUT2D eigenvalue weighted by atomic mass is 9.84. The number of anilines is 1. The van der Waals surface area contributed by atoms with Crippen LogP contribution < -0.4 is 19.5 Å². The van der Waals surface area contributed by atoms with E-state index in [1.54, 1.807) is 20.5 Å². The summed E-state index contributed by atoms with van der Waals surface area (Å²) in [7, 11) is 3.30. The minimum atomic E-state index is -0.389. The molecule has 0 aliphatic carbocycles. The lowest BCUT2D eigenvalue weighted by Gasteiger charge is -2.39. The molecule has 2 aliphatic rings. The van der Waals surface area contributed by atoms with Gasteiger partial charge in [0, 0.05) is 16.2 Å². The molecule has 9 heteroatoms. The molecule has 7 nitrogen and oxygen atoms in total. The zero-order valence-corrected chi connectivity index (χ0v) is 21.2. The summed E-state index contributed by atoms with van der Waals surface area (Å²) in [5.41, 5.74) is 4.78. The molecule has 3 heterocycles. The third-order valence-electron chi connectivity index (χ3n) is 6.29. The number of fused-ring (bicyclic) bond motifs is 3. The molecule has 6 rings (SSSR count). The van der Waals surface area contributed by atoms with Crippen LogP contribution in [0.4, 0.5) is 5.95 Å². The van der Waals surface area contributed by atoms with Gasteiger partial charge in [-0.05, 0) is 69.5 Å². The highest BCUT2D eigenvalue weighted by Gasteiger charge is 2.41. The van der Waals surface area contributed by atoms with Gasteiger partial charge in [0.25, 0.3) is 0 Å². The van der Waals surface area contributed by atoms with E-state index in [9.17, 15) is 0 Å². The van der Waals surface area contributed by atoms with Crippen LogP contribution in [-0.4, -0.2) is 29.0 Å². The minimum absolute atomic E-state index is 0.287. The number of benzene rings is 3. The number of ether oxygens (including phenoxy) is 3. The minimum Gasteiger partial charge on any atom is -0.497 e. The topological polar surface area (TPSA) is 70.4 Å². The summed E-state index contributed by atoms with van der Waals surface area (Å²) < 4.78 is 20.2. The van der Waals surface area contributed by atoms with Crippen LogP contribution in [-0.2, 0) is 0 Å². The number of halogens is 2. The maximum Gasteiger partial charge on any atom is 0.226 e. The van der Waals surface area contributed by atoms with Crippen molar-refractivity contribution in [3.63, 3.8) is 0 Å². The second-order valence-corrected chi connectivity index (χ2v) is 9.48. The first-order valence-corrected chi connectivity index (χ1v) is 12.1. The van der Waals surface area contributed by atoms with Crippen molar-refractivity contribution >= 4 is 39.2 Å². The fourth-order valence-electron chi connectivity index (χ4n) is 4.67. The fraction of sp³-hybridized carbons (Fsp3) is 0.154. The molecule has 2 atom stereocenters. The SMILES string of the molecule is COc1ccc([C@@H]2Oc3ccc(Cl)cc3C3=C2[C@@H](c2ccc(OC)c(Br)c2)n2ncnc2N3)cc1. The van der Waals surface area contributed by atoms with E-state index in [2.05, 4.69) is 31.3 Å². The predicted molar refractivity (Wildman–Crippen MR) is 137 cm³/mol. The van der Waals surface area contributed by atoms with Crippen LogP contribution in [0.3, 0.4) is 0 Å². The van der Waals surface area contributed by atoms with Crippen LogP contribution in [0.15, 0.2) is 77.0 Å². The number of hydrogen-bond donors (Lipinski definition) is 1. The number of aromatic nitrogens is 3. The maximum atomic E-state index is 6.64. The highest BCUT2D eigenvalue weighted by molar-refractivity contribution is 9.10. The smallest absolute Gasteiger partial charge is 0.226 e. The van der Waals surface area contributed by atoms with Gasteiger partial charge in [-0.2, -0.15) is 10.1 Å². The fourth-order valence-corrected chi connectivity index (χ4v) is 5.40. The summed E-state index contributed by atoms with van der Waals surface area (Å²) in [6, 6.07) is 19.3. The van der Waals surface area contributed by atoms with Crippen LogP contribution >= 0.6 is 27.5 Å². The molecule has 3 aromatic carbocycles. The average Bonchev–Trinajstić information content (AvgIpc) is 3.35. The van der Waals surface area contributed by atoms with Gasteiger partial charge >= 0.3 is 0 Å². The number of nitrogens with zero attached hydrogens (tertiary/aromatic N) is 3. The Balaban J connectivity index is 1.60. The maximum absolute atomic E-state index is 6.64. The summed E-state index contributed by atoms with van der Waals surface area (Å²) in [6.45, 7) is 0. The second-order valence-electron chi connectivity index (χ2n) is 8.19. The third-order valence-corrected chi connectivity index (χ3v) is 7.14. The summed E-state index contributed by atoms with van der Waals surface area (Å²) in [6.07, 6.45) is 1.16. The van der Waals surface area contributed by atoms with E-state index in [-0.39, 0.29) is 12.1 Å². The normalized spacial score (nSPS) is 18.1. The molecular formula is C26H20BrClN4O3. The van der Waals surface area contributed by atoms with Crippen molar-refractivity contribution in [2.75, 3.05) is 19.5 Å². The third kappa shape index (κ3) is 3.64. The van der Waals surface area contributed by atoms with E-state index in [4.69, 9.17) is 25.8 Å². The van der Waals surface area contributed by atoms with Gasteiger partial charge in [0.1, 0.15) is 35.7 Å². The quantitative estimate of drug-likeness (QED) is 0.322. The van der Waals surface area contributed by atoms with Gasteiger partial charge in [0.2, 0.25) is 5.95 Å². The van der Waals surface area contributed by atoms with Gasteiger partial charge in [0.15, 0.2) is 0 Å². The Morgan fingerprint density at radius 2 is 1.80 bits per heavy atom. The average molecular weight is 552 g/mol. The molecular weight excluding hydrogens is 532 g/mol. The molecule has 0 radical (unpaired) electrons. The van der Waals surface area contributed by atoms with Gasteiger partial charge in [-0.25, -0.2) is 4.68 Å². The van der Waals surface area contributed by atoms with E-state index in [0.717, 1.165) is 49.7 Å². The molecule has 0 saturated heterocycles. The van der Waals surface area contributed by atoms with Crippen LogP contribution in [0, 0.1) is 0 Å². The van der Waals surface area contributed by atoms with Crippen LogP contribution in [0.1, 0.15) is 28.8 Å². The Labute approximate surface area is 215 Å². The van der Waals surface area contributed by atoms with E-state index in [1.165, 1.54) is 0 Å². The second kappa shape index (κ2) is 8.62. The largest absolute Gasteiger partial charge is 0.497 e. The summed E-state index contributed by atoms with van der Waals surface area (Å²) in [4.78, 5) is 4.48. The van der Waals surface area contributed by atoms with Crippen molar-refractivity contribution in [3.05, 3.63) is 98.7 Å². The molecule has 176 valence electrons. The lowest BCUT2D eigenvalue weighted by Crippen LogP contribution is -2.32. The highest BCUT2D eigenvalue weighted by Crippen LogP contribution is 2.51. The molecule has 0 saturated carbocycles. The van der Waals surface area contributed by atoms with Crippen molar-refractivity contribution in [1.82, 2.24) is 14.8 Å². The van der Waals surface area contributed by atoms with Crippen LogP contribution in [0.25, 0.3) is 5.70 Å². The van der Waals surface area contributed by atoms with Gasteiger partial charge < -0.3 is 19.5 Å². The Morgan fingerprint density at radius 1 is 1.00 bits per heavy atom. The van der Waals surface area contributed by atoms with Gasteiger partial charge in [-0.3, -0.25) is 0 Å². The standard InChI is InChI=1S/C26H20BrClN4O3/c1-33-17-7-3-14(4-8-17)25-22-23(18-12-16(28)6-10-20(18)35-25)31-26-29-13-30-32(26)24(22)15-5-9-21(34-2)19(27)11-15/h3-13,24-25H,1-2H3,(H,29,30,31)/t24-,25+/m1/s1. The zero-order chi connectivity index (χ0) is 24.1. The van der Waals surface area contributed by atoms with E-state index < -0.39 is 0 Å². The molecule has 0 spiro atoms. The Hall–Kier alpha value is -3.49. The van der Waals surface area contributed by atoms with Crippen molar-refractivity contribution in [1.29, 1.82) is 0 Å². The van der Waals surface area contributed by atoms with E-state index >= 15 is 0 Å². The van der Waals surface area contributed by atoms with Crippen molar-refractivity contribution in [2.45, 2.75) is 12.1 Å². The summed E-state index contributed by atoms with van der Waals surface area (Å²) in [5, 5.41) is 8.68. The van der Waals surface area contributed by atoms with Gasteiger partial charge in [-0.15, -0.1) is 0 Å². The lowest BCUT2D eigenvalue weighted by molar-refractivity contribution is 0.223. The summed E-state index contributed by atoms with van der Waals surface area (Å²) in [5.74, 6) is 2.91. The van der Waals surface area contributed by atoms with Crippen LogP contribution in [0.2, 0.25) is 5.02 Å².